The molecule has 14 heavy (non-hydrogen) atoms. The van der Waals surface area contributed by atoms with E-state index >= 15 is 0 Å². The number of halogens is 1. The molecular weight excluding hydrogens is 309 g/mol. The summed E-state index contributed by atoms with van der Waals surface area (Å²) in [5.41, 5.74) is 0.829. The summed E-state index contributed by atoms with van der Waals surface area (Å²) in [6, 6.07) is 7.74. The quantitative estimate of drug-likeness (QED) is 0.741. The number of hydrogen-bond donors (Lipinski definition) is 0. The number of carbonyl (C=O) groups is 1. The molecule has 1 heterocycles. The van der Waals surface area contributed by atoms with Gasteiger partial charge in [-0.15, -0.1) is 11.8 Å². The SMILES string of the molecule is O=C(c1ccccc1I)N1CCSC1. The van der Waals surface area contributed by atoms with E-state index in [2.05, 4.69) is 22.6 Å². The van der Waals surface area contributed by atoms with Crippen molar-refractivity contribution in [2.45, 2.75) is 0 Å². The maximum Gasteiger partial charge on any atom is 0.255 e. The van der Waals surface area contributed by atoms with Crippen LogP contribution in [0, 0.1) is 3.57 Å². The summed E-state index contributed by atoms with van der Waals surface area (Å²) in [4.78, 5) is 13.9. The van der Waals surface area contributed by atoms with Gasteiger partial charge in [-0.05, 0) is 34.7 Å². The smallest absolute Gasteiger partial charge is 0.255 e. The van der Waals surface area contributed by atoms with Crippen molar-refractivity contribution in [3.05, 3.63) is 33.4 Å². The summed E-state index contributed by atoms with van der Waals surface area (Å²) in [6.07, 6.45) is 0. The number of nitrogens with zero attached hydrogens (tertiary/aromatic N) is 1. The van der Waals surface area contributed by atoms with Crippen LogP contribution in [0.3, 0.4) is 0 Å². The standard InChI is InChI=1S/C10H10INOS/c11-9-4-2-1-3-8(9)10(13)12-5-6-14-7-12/h1-4H,5-7H2. The first-order valence-electron chi connectivity index (χ1n) is 4.40. The van der Waals surface area contributed by atoms with Gasteiger partial charge in [0.25, 0.3) is 5.91 Å². The molecule has 1 fully saturated rings. The van der Waals surface area contributed by atoms with Crippen LogP contribution in [0.2, 0.25) is 0 Å². The topological polar surface area (TPSA) is 20.3 Å². The molecule has 0 atom stereocenters. The van der Waals surface area contributed by atoms with Crippen LogP contribution >= 0.6 is 34.4 Å². The van der Waals surface area contributed by atoms with Crippen LogP contribution < -0.4 is 0 Å². The number of thioether (sulfide) groups is 1. The first-order chi connectivity index (χ1) is 6.79. The van der Waals surface area contributed by atoms with Crippen LogP contribution in [-0.2, 0) is 0 Å². The molecule has 4 heteroatoms. The molecule has 74 valence electrons. The third-order valence-electron chi connectivity index (χ3n) is 2.14. The Morgan fingerprint density at radius 2 is 2.21 bits per heavy atom. The number of amides is 1. The zero-order chi connectivity index (χ0) is 9.97. The van der Waals surface area contributed by atoms with Gasteiger partial charge < -0.3 is 4.90 Å². The van der Waals surface area contributed by atoms with Crippen LogP contribution in [-0.4, -0.2) is 29.0 Å². The fraction of sp³-hybridized carbons (Fsp3) is 0.300. The maximum absolute atomic E-state index is 12.0. The van der Waals surface area contributed by atoms with Crippen molar-refractivity contribution in [2.75, 3.05) is 18.2 Å². The Kier molecular flexibility index (Phi) is 3.33. The van der Waals surface area contributed by atoms with E-state index in [4.69, 9.17) is 0 Å². The predicted octanol–water partition coefficient (Wildman–Crippen LogP) is 2.44. The number of hydrogen-bond acceptors (Lipinski definition) is 2. The lowest BCUT2D eigenvalue weighted by molar-refractivity contribution is 0.0801. The molecule has 0 radical (unpaired) electrons. The highest BCUT2D eigenvalue weighted by atomic mass is 127. The van der Waals surface area contributed by atoms with E-state index in [0.29, 0.717) is 0 Å². The van der Waals surface area contributed by atoms with Crippen LogP contribution in [0.25, 0.3) is 0 Å². The van der Waals surface area contributed by atoms with E-state index in [9.17, 15) is 4.79 Å². The minimum atomic E-state index is 0.167. The number of carbonyl (C=O) groups excluding carboxylic acids is 1. The van der Waals surface area contributed by atoms with Gasteiger partial charge in [0.05, 0.1) is 11.4 Å². The predicted molar refractivity (Wildman–Crippen MR) is 67.5 cm³/mol. The molecule has 1 aliphatic heterocycles. The Morgan fingerprint density at radius 1 is 1.43 bits per heavy atom. The molecule has 1 amide bonds. The molecule has 0 saturated carbocycles. The minimum absolute atomic E-state index is 0.167. The van der Waals surface area contributed by atoms with Crippen molar-refractivity contribution >= 4 is 40.3 Å². The first kappa shape index (κ1) is 10.3. The Morgan fingerprint density at radius 3 is 2.86 bits per heavy atom. The van der Waals surface area contributed by atoms with E-state index in [0.717, 1.165) is 27.3 Å². The zero-order valence-electron chi connectivity index (χ0n) is 7.57. The summed E-state index contributed by atoms with van der Waals surface area (Å²) < 4.78 is 1.03. The Bertz CT molecular complexity index is 350. The number of rotatable bonds is 1. The van der Waals surface area contributed by atoms with Crippen molar-refractivity contribution in [1.29, 1.82) is 0 Å². The highest BCUT2D eigenvalue weighted by Gasteiger charge is 2.20. The molecule has 0 spiro atoms. The maximum atomic E-state index is 12.0. The van der Waals surface area contributed by atoms with Gasteiger partial charge in [0.2, 0.25) is 0 Å². The minimum Gasteiger partial charge on any atom is -0.329 e. The molecular formula is C10H10INOS. The lowest BCUT2D eigenvalue weighted by Crippen LogP contribution is -2.28. The lowest BCUT2D eigenvalue weighted by Gasteiger charge is -2.14. The average molecular weight is 319 g/mol. The fourth-order valence-electron chi connectivity index (χ4n) is 1.38. The van der Waals surface area contributed by atoms with E-state index in [1.165, 1.54) is 0 Å². The van der Waals surface area contributed by atoms with E-state index < -0.39 is 0 Å². The van der Waals surface area contributed by atoms with Crippen LogP contribution in [0.15, 0.2) is 24.3 Å². The zero-order valence-corrected chi connectivity index (χ0v) is 10.5. The van der Waals surface area contributed by atoms with Crippen molar-refractivity contribution < 1.29 is 4.79 Å². The molecule has 2 rings (SSSR count). The van der Waals surface area contributed by atoms with Crippen LogP contribution in [0.5, 0.6) is 0 Å². The van der Waals surface area contributed by atoms with Crippen molar-refractivity contribution in [2.24, 2.45) is 0 Å². The van der Waals surface area contributed by atoms with Gasteiger partial charge in [-0.25, -0.2) is 0 Å². The Hall–Kier alpha value is -0.230. The van der Waals surface area contributed by atoms with Gasteiger partial charge in [-0.2, -0.15) is 0 Å². The second kappa shape index (κ2) is 4.53. The molecule has 0 N–H and O–H groups in total. The summed E-state index contributed by atoms with van der Waals surface area (Å²) in [7, 11) is 0. The highest BCUT2D eigenvalue weighted by Crippen LogP contribution is 2.19. The van der Waals surface area contributed by atoms with Crippen LogP contribution in [0.4, 0.5) is 0 Å². The molecule has 0 bridgehead atoms. The van der Waals surface area contributed by atoms with Gasteiger partial charge >= 0.3 is 0 Å². The fourth-order valence-corrected chi connectivity index (χ4v) is 2.94. The normalized spacial score (nSPS) is 15.9. The number of benzene rings is 1. The van der Waals surface area contributed by atoms with Gasteiger partial charge in [0, 0.05) is 15.9 Å². The monoisotopic (exact) mass is 319 g/mol. The van der Waals surface area contributed by atoms with Gasteiger partial charge in [-0.1, -0.05) is 12.1 Å². The summed E-state index contributed by atoms with van der Waals surface area (Å²) >= 11 is 4.02. The van der Waals surface area contributed by atoms with Crippen molar-refractivity contribution in [1.82, 2.24) is 4.90 Å². The third-order valence-corrected chi connectivity index (χ3v) is 4.05. The highest BCUT2D eigenvalue weighted by molar-refractivity contribution is 14.1. The molecule has 0 aromatic heterocycles. The first-order valence-corrected chi connectivity index (χ1v) is 6.64. The van der Waals surface area contributed by atoms with Gasteiger partial charge in [0.1, 0.15) is 0 Å². The summed E-state index contributed by atoms with van der Waals surface area (Å²) in [6.45, 7) is 0.883. The Labute approximate surface area is 101 Å². The molecule has 0 aliphatic carbocycles. The molecule has 0 unspecified atom stereocenters. The molecule has 1 saturated heterocycles. The van der Waals surface area contributed by atoms with Gasteiger partial charge in [0.15, 0.2) is 0 Å². The molecule has 1 aromatic carbocycles. The van der Waals surface area contributed by atoms with Crippen molar-refractivity contribution in [3.63, 3.8) is 0 Å². The summed E-state index contributed by atoms with van der Waals surface area (Å²) in [5, 5.41) is 0. The summed E-state index contributed by atoms with van der Waals surface area (Å²) in [5.74, 6) is 2.07. The molecule has 2 nitrogen and oxygen atoms in total. The second-order valence-corrected chi connectivity index (χ2v) is 5.32. The largest absolute Gasteiger partial charge is 0.329 e. The molecule has 1 aliphatic rings. The van der Waals surface area contributed by atoms with E-state index in [-0.39, 0.29) is 5.91 Å². The Balaban J connectivity index is 2.22. The molecule has 1 aromatic rings. The van der Waals surface area contributed by atoms with Crippen molar-refractivity contribution in [3.8, 4) is 0 Å². The van der Waals surface area contributed by atoms with Gasteiger partial charge in [-0.3, -0.25) is 4.79 Å². The van der Waals surface area contributed by atoms with E-state index in [1.807, 2.05) is 40.9 Å². The van der Waals surface area contributed by atoms with Crippen LogP contribution in [0.1, 0.15) is 10.4 Å². The lowest BCUT2D eigenvalue weighted by atomic mass is 10.2. The van der Waals surface area contributed by atoms with E-state index in [1.54, 1.807) is 0 Å². The third kappa shape index (κ3) is 2.06. The average Bonchev–Trinajstić information content (AvgIpc) is 2.70. The second-order valence-electron chi connectivity index (χ2n) is 3.09.